The molecule has 2 heterocycles. The van der Waals surface area contributed by atoms with E-state index in [-0.39, 0.29) is 17.9 Å². The molecule has 2 aromatic carbocycles. The van der Waals surface area contributed by atoms with Crippen molar-refractivity contribution in [3.8, 4) is 17.0 Å². The number of benzene rings is 2. The third kappa shape index (κ3) is 4.85. The Morgan fingerprint density at radius 3 is 2.60 bits per heavy atom. The number of imidazole rings is 1. The zero-order valence-electron chi connectivity index (χ0n) is 18.8. The van der Waals surface area contributed by atoms with E-state index in [0.717, 1.165) is 23.9 Å². The summed E-state index contributed by atoms with van der Waals surface area (Å²) in [5.41, 5.74) is 2.68. The largest absolute Gasteiger partial charge is 0.434 e. The molecule has 1 fully saturated rings. The van der Waals surface area contributed by atoms with Crippen LogP contribution in [0.15, 0.2) is 66.9 Å². The van der Waals surface area contributed by atoms with Gasteiger partial charge in [0, 0.05) is 23.4 Å². The Bertz CT molecular complexity index is 1350. The number of hydrogen-bond acceptors (Lipinski definition) is 5. The number of nitrogens with zero attached hydrogens (tertiary/aromatic N) is 3. The Labute approximate surface area is 200 Å². The molecule has 1 aliphatic carbocycles. The maximum Gasteiger partial charge on any atom is 0.387 e. The van der Waals surface area contributed by atoms with E-state index in [1.54, 1.807) is 24.3 Å². The van der Waals surface area contributed by atoms with Gasteiger partial charge in [0.2, 0.25) is 5.95 Å². The number of aromatic nitrogens is 3. The van der Waals surface area contributed by atoms with E-state index >= 15 is 0 Å². The number of anilines is 1. The van der Waals surface area contributed by atoms with Gasteiger partial charge < -0.3 is 14.4 Å². The zero-order chi connectivity index (χ0) is 24.4. The number of rotatable bonds is 6. The van der Waals surface area contributed by atoms with Crippen molar-refractivity contribution in [3.05, 3.63) is 72.4 Å². The second kappa shape index (κ2) is 9.79. The molecule has 0 spiro atoms. The van der Waals surface area contributed by atoms with E-state index in [4.69, 9.17) is 0 Å². The average Bonchev–Trinajstić information content (AvgIpc) is 3.22. The van der Waals surface area contributed by atoms with Crippen molar-refractivity contribution >= 4 is 22.9 Å². The molecule has 0 atom stereocenters. The van der Waals surface area contributed by atoms with Crippen LogP contribution in [-0.4, -0.2) is 38.3 Å². The van der Waals surface area contributed by atoms with E-state index in [9.17, 15) is 18.7 Å². The zero-order valence-corrected chi connectivity index (χ0v) is 18.8. The van der Waals surface area contributed by atoms with E-state index < -0.39 is 12.5 Å². The van der Waals surface area contributed by atoms with Crippen molar-refractivity contribution in [3.63, 3.8) is 0 Å². The lowest BCUT2D eigenvalue weighted by Crippen LogP contribution is -2.23. The standard InChI is InChI=1S/C26H24F2N4O3/c27-25(28)35-23-8-4-1-5-19(23)21-15-16(13-14-29-21)24(34)31-26-30-20-6-2-3-7-22(20)32(26)17-9-11-18(33)12-10-17/h1-8,13-15,17-18,25,33H,9-12H2,(H,30,31,34). The highest BCUT2D eigenvalue weighted by atomic mass is 19.3. The van der Waals surface area contributed by atoms with Crippen LogP contribution in [0, 0.1) is 0 Å². The fraction of sp³-hybridized carbons (Fsp3) is 0.269. The fourth-order valence-corrected chi connectivity index (χ4v) is 4.59. The van der Waals surface area contributed by atoms with Gasteiger partial charge in [-0.25, -0.2) is 4.98 Å². The normalized spacial score (nSPS) is 18.1. The summed E-state index contributed by atoms with van der Waals surface area (Å²) in [7, 11) is 0. The minimum Gasteiger partial charge on any atom is -0.434 e. The Morgan fingerprint density at radius 1 is 1.06 bits per heavy atom. The summed E-state index contributed by atoms with van der Waals surface area (Å²) in [6.07, 6.45) is 4.10. The first-order valence-corrected chi connectivity index (χ1v) is 11.5. The minimum absolute atomic E-state index is 0.0196. The maximum atomic E-state index is 13.2. The molecular formula is C26H24F2N4O3. The second-order valence-corrected chi connectivity index (χ2v) is 8.52. The number of pyridine rings is 1. The third-order valence-electron chi connectivity index (χ3n) is 6.25. The first-order valence-electron chi connectivity index (χ1n) is 11.5. The lowest BCUT2D eigenvalue weighted by atomic mass is 9.93. The van der Waals surface area contributed by atoms with Gasteiger partial charge in [0.1, 0.15) is 5.75 Å². The minimum atomic E-state index is -2.98. The average molecular weight is 478 g/mol. The van der Waals surface area contributed by atoms with E-state index in [1.807, 2.05) is 28.8 Å². The van der Waals surface area contributed by atoms with Crippen molar-refractivity contribution in [2.45, 2.75) is 44.4 Å². The SMILES string of the molecule is O=C(Nc1nc2ccccc2n1C1CCC(O)CC1)c1ccnc(-c2ccccc2OC(F)F)c1. The lowest BCUT2D eigenvalue weighted by Gasteiger charge is -2.28. The van der Waals surface area contributed by atoms with Crippen LogP contribution in [0.2, 0.25) is 0 Å². The number of para-hydroxylation sites is 3. The summed E-state index contributed by atoms with van der Waals surface area (Å²) >= 11 is 0. The molecule has 4 aromatic rings. The molecule has 2 N–H and O–H groups in total. The van der Waals surface area contributed by atoms with Gasteiger partial charge in [-0.05, 0) is 62.1 Å². The monoisotopic (exact) mass is 478 g/mol. The van der Waals surface area contributed by atoms with Crippen molar-refractivity contribution in [1.29, 1.82) is 0 Å². The van der Waals surface area contributed by atoms with Crippen LogP contribution in [-0.2, 0) is 0 Å². The van der Waals surface area contributed by atoms with Gasteiger partial charge >= 0.3 is 6.61 Å². The molecule has 1 aliphatic rings. The topological polar surface area (TPSA) is 89.3 Å². The number of aliphatic hydroxyl groups excluding tert-OH is 1. The number of carbonyl (C=O) groups is 1. The van der Waals surface area contributed by atoms with Crippen LogP contribution >= 0.6 is 0 Å². The summed E-state index contributed by atoms with van der Waals surface area (Å²) in [5, 5.41) is 12.9. The van der Waals surface area contributed by atoms with Crippen LogP contribution in [0.25, 0.3) is 22.3 Å². The van der Waals surface area contributed by atoms with Crippen LogP contribution in [0.5, 0.6) is 5.75 Å². The molecule has 2 aromatic heterocycles. The molecule has 0 bridgehead atoms. The lowest BCUT2D eigenvalue weighted by molar-refractivity contribution is -0.0494. The van der Waals surface area contributed by atoms with Crippen LogP contribution in [0.4, 0.5) is 14.7 Å². The van der Waals surface area contributed by atoms with Gasteiger partial charge in [-0.3, -0.25) is 15.1 Å². The molecule has 1 saturated carbocycles. The number of hydrogen-bond donors (Lipinski definition) is 2. The summed E-state index contributed by atoms with van der Waals surface area (Å²) in [6, 6.07) is 17.2. The summed E-state index contributed by atoms with van der Waals surface area (Å²) in [4.78, 5) is 22.1. The Kier molecular flexibility index (Phi) is 6.41. The molecular weight excluding hydrogens is 454 g/mol. The predicted molar refractivity (Wildman–Crippen MR) is 128 cm³/mol. The van der Waals surface area contributed by atoms with Crippen molar-refractivity contribution in [2.75, 3.05) is 5.32 Å². The van der Waals surface area contributed by atoms with Gasteiger partial charge in [0.25, 0.3) is 5.91 Å². The molecule has 0 radical (unpaired) electrons. The van der Waals surface area contributed by atoms with Crippen molar-refractivity contribution in [2.24, 2.45) is 0 Å². The summed E-state index contributed by atoms with van der Waals surface area (Å²) in [6.45, 7) is -2.98. The number of alkyl halides is 2. The van der Waals surface area contributed by atoms with Gasteiger partial charge in [0.05, 0.1) is 22.8 Å². The van der Waals surface area contributed by atoms with E-state index in [0.29, 0.717) is 35.6 Å². The molecule has 0 aliphatic heterocycles. The Morgan fingerprint density at radius 2 is 1.80 bits per heavy atom. The summed E-state index contributed by atoms with van der Waals surface area (Å²) in [5.74, 6) is 0.0135. The van der Waals surface area contributed by atoms with Crippen LogP contribution in [0.3, 0.4) is 0 Å². The van der Waals surface area contributed by atoms with E-state index in [1.165, 1.54) is 18.3 Å². The molecule has 35 heavy (non-hydrogen) atoms. The van der Waals surface area contributed by atoms with E-state index in [2.05, 4.69) is 20.0 Å². The highest BCUT2D eigenvalue weighted by Gasteiger charge is 2.26. The first kappa shape index (κ1) is 22.9. The highest BCUT2D eigenvalue weighted by molar-refractivity contribution is 6.04. The Hall–Kier alpha value is -3.85. The smallest absolute Gasteiger partial charge is 0.387 e. The third-order valence-corrected chi connectivity index (χ3v) is 6.25. The number of nitrogens with one attached hydrogen (secondary N) is 1. The molecule has 5 rings (SSSR count). The van der Waals surface area contributed by atoms with Gasteiger partial charge in [-0.15, -0.1) is 0 Å². The molecule has 1 amide bonds. The fourth-order valence-electron chi connectivity index (χ4n) is 4.59. The molecule has 180 valence electrons. The second-order valence-electron chi connectivity index (χ2n) is 8.52. The van der Waals surface area contributed by atoms with Crippen LogP contribution in [0.1, 0.15) is 42.1 Å². The maximum absolute atomic E-state index is 13.2. The number of halogens is 2. The molecule has 0 saturated heterocycles. The quantitative estimate of drug-likeness (QED) is 0.386. The first-order chi connectivity index (χ1) is 17.0. The van der Waals surface area contributed by atoms with Crippen molar-refractivity contribution < 1.29 is 23.4 Å². The number of amides is 1. The number of ether oxygens (including phenoxy) is 1. The van der Waals surface area contributed by atoms with Crippen molar-refractivity contribution in [1.82, 2.24) is 14.5 Å². The van der Waals surface area contributed by atoms with Gasteiger partial charge in [0.15, 0.2) is 0 Å². The van der Waals surface area contributed by atoms with Crippen LogP contribution < -0.4 is 10.1 Å². The molecule has 0 unspecified atom stereocenters. The number of fused-ring (bicyclic) bond motifs is 1. The highest BCUT2D eigenvalue weighted by Crippen LogP contribution is 2.35. The van der Waals surface area contributed by atoms with Gasteiger partial charge in [-0.1, -0.05) is 24.3 Å². The Balaban J connectivity index is 1.46. The van der Waals surface area contributed by atoms with Gasteiger partial charge in [-0.2, -0.15) is 8.78 Å². The molecule has 9 heteroatoms. The number of aliphatic hydroxyl groups is 1. The molecule has 7 nitrogen and oxygen atoms in total. The summed E-state index contributed by atoms with van der Waals surface area (Å²) < 4.78 is 32.3. The number of carbonyl (C=O) groups excluding carboxylic acids is 1. The predicted octanol–water partition coefficient (Wildman–Crippen LogP) is 5.43.